The van der Waals surface area contributed by atoms with Crippen molar-refractivity contribution in [3.05, 3.63) is 29.3 Å². The molecule has 1 aromatic carbocycles. The Morgan fingerprint density at radius 2 is 2.11 bits per heavy atom. The summed E-state index contributed by atoms with van der Waals surface area (Å²) in [5, 5.41) is 0. The van der Waals surface area contributed by atoms with Gasteiger partial charge in [-0.15, -0.1) is 0 Å². The molecule has 0 saturated carbocycles. The zero-order valence-electron chi connectivity index (χ0n) is 11.4. The van der Waals surface area contributed by atoms with Crippen molar-refractivity contribution in [1.29, 1.82) is 0 Å². The molecule has 0 fully saturated rings. The van der Waals surface area contributed by atoms with E-state index in [1.807, 2.05) is 19.1 Å². The molecule has 100 valence electrons. The maximum absolute atomic E-state index is 11.4. The lowest BCUT2D eigenvalue weighted by molar-refractivity contribution is -0.129. The van der Waals surface area contributed by atoms with Crippen molar-refractivity contribution in [1.82, 2.24) is 4.90 Å². The van der Waals surface area contributed by atoms with Crippen LogP contribution < -0.4 is 10.5 Å². The number of carbonyl (C=O) groups is 1. The van der Waals surface area contributed by atoms with Crippen molar-refractivity contribution in [3.8, 4) is 5.75 Å². The third kappa shape index (κ3) is 4.37. The lowest BCUT2D eigenvalue weighted by Crippen LogP contribution is -2.23. The Hall–Kier alpha value is -1.55. The molecule has 1 rings (SSSR count). The highest BCUT2D eigenvalue weighted by atomic mass is 16.5. The SMILES string of the molecule is Cc1ccc(OCCC(=O)N(C)C)c(CCN)c1. The van der Waals surface area contributed by atoms with E-state index < -0.39 is 0 Å². The lowest BCUT2D eigenvalue weighted by atomic mass is 10.1. The average molecular weight is 250 g/mol. The molecular weight excluding hydrogens is 228 g/mol. The van der Waals surface area contributed by atoms with Gasteiger partial charge in [-0.05, 0) is 31.5 Å². The lowest BCUT2D eigenvalue weighted by Gasteiger charge is -2.13. The first-order valence-electron chi connectivity index (χ1n) is 6.17. The Balaban J connectivity index is 2.58. The molecule has 2 N–H and O–H groups in total. The standard InChI is InChI=1S/C14H22N2O2/c1-11-4-5-13(12(10-11)6-8-15)18-9-7-14(17)16(2)3/h4-5,10H,6-9,15H2,1-3H3. The van der Waals surface area contributed by atoms with Crippen LogP contribution in [0.5, 0.6) is 5.75 Å². The number of ether oxygens (including phenoxy) is 1. The quantitative estimate of drug-likeness (QED) is 0.829. The highest BCUT2D eigenvalue weighted by Gasteiger charge is 2.07. The van der Waals surface area contributed by atoms with Crippen LogP contribution in [0.25, 0.3) is 0 Å². The van der Waals surface area contributed by atoms with Crippen LogP contribution in [0.2, 0.25) is 0 Å². The first kappa shape index (κ1) is 14.5. The van der Waals surface area contributed by atoms with Crippen molar-refractivity contribution < 1.29 is 9.53 Å². The van der Waals surface area contributed by atoms with Crippen LogP contribution in [0.3, 0.4) is 0 Å². The summed E-state index contributed by atoms with van der Waals surface area (Å²) in [7, 11) is 3.49. The van der Waals surface area contributed by atoms with Gasteiger partial charge in [0.05, 0.1) is 13.0 Å². The number of hydrogen-bond donors (Lipinski definition) is 1. The van der Waals surface area contributed by atoms with Crippen LogP contribution in [-0.4, -0.2) is 38.1 Å². The molecule has 0 atom stereocenters. The van der Waals surface area contributed by atoms with E-state index in [1.165, 1.54) is 5.56 Å². The summed E-state index contributed by atoms with van der Waals surface area (Å²) in [5.41, 5.74) is 7.88. The number of carbonyl (C=O) groups excluding carboxylic acids is 1. The second kappa shape index (κ2) is 7.01. The molecule has 0 saturated heterocycles. The number of amides is 1. The van der Waals surface area contributed by atoms with E-state index in [1.54, 1.807) is 19.0 Å². The molecular formula is C14H22N2O2. The Labute approximate surface area is 109 Å². The monoisotopic (exact) mass is 250 g/mol. The molecule has 0 spiro atoms. The molecule has 0 aromatic heterocycles. The molecule has 0 heterocycles. The summed E-state index contributed by atoms with van der Waals surface area (Å²) in [6.45, 7) is 3.04. The van der Waals surface area contributed by atoms with Crippen molar-refractivity contribution in [2.75, 3.05) is 27.2 Å². The maximum Gasteiger partial charge on any atom is 0.225 e. The first-order chi connectivity index (χ1) is 8.54. The van der Waals surface area contributed by atoms with E-state index >= 15 is 0 Å². The van der Waals surface area contributed by atoms with Crippen LogP contribution in [-0.2, 0) is 11.2 Å². The van der Waals surface area contributed by atoms with E-state index in [0.29, 0.717) is 19.6 Å². The van der Waals surface area contributed by atoms with E-state index in [2.05, 4.69) is 6.07 Å². The molecule has 18 heavy (non-hydrogen) atoms. The average Bonchev–Trinajstić information content (AvgIpc) is 2.32. The first-order valence-corrected chi connectivity index (χ1v) is 6.17. The Morgan fingerprint density at radius 3 is 2.72 bits per heavy atom. The molecule has 0 radical (unpaired) electrons. The predicted octanol–water partition coefficient (Wildman–Crippen LogP) is 1.35. The summed E-state index contributed by atoms with van der Waals surface area (Å²) in [6, 6.07) is 6.03. The van der Waals surface area contributed by atoms with E-state index in [-0.39, 0.29) is 5.91 Å². The minimum absolute atomic E-state index is 0.0717. The number of aryl methyl sites for hydroxylation is 1. The second-order valence-corrected chi connectivity index (χ2v) is 4.54. The third-order valence-electron chi connectivity index (χ3n) is 2.70. The minimum Gasteiger partial charge on any atom is -0.493 e. The Bertz CT molecular complexity index is 403. The molecule has 4 heteroatoms. The van der Waals surface area contributed by atoms with Gasteiger partial charge in [0.15, 0.2) is 0 Å². The fraction of sp³-hybridized carbons (Fsp3) is 0.500. The van der Waals surface area contributed by atoms with E-state index in [4.69, 9.17) is 10.5 Å². The highest BCUT2D eigenvalue weighted by Crippen LogP contribution is 2.20. The number of nitrogens with two attached hydrogens (primary N) is 1. The van der Waals surface area contributed by atoms with E-state index in [9.17, 15) is 4.79 Å². The zero-order chi connectivity index (χ0) is 13.5. The van der Waals surface area contributed by atoms with Gasteiger partial charge >= 0.3 is 0 Å². The second-order valence-electron chi connectivity index (χ2n) is 4.54. The van der Waals surface area contributed by atoms with Gasteiger partial charge in [0.1, 0.15) is 5.75 Å². The zero-order valence-corrected chi connectivity index (χ0v) is 11.4. The fourth-order valence-electron chi connectivity index (χ4n) is 1.67. The third-order valence-corrected chi connectivity index (χ3v) is 2.70. The van der Waals surface area contributed by atoms with Crippen LogP contribution in [0.4, 0.5) is 0 Å². The van der Waals surface area contributed by atoms with Gasteiger partial charge in [0.25, 0.3) is 0 Å². The number of benzene rings is 1. The maximum atomic E-state index is 11.4. The largest absolute Gasteiger partial charge is 0.493 e. The van der Waals surface area contributed by atoms with Gasteiger partial charge in [0.2, 0.25) is 5.91 Å². The van der Waals surface area contributed by atoms with Gasteiger partial charge in [-0.25, -0.2) is 0 Å². The molecule has 0 aliphatic rings. The molecule has 4 nitrogen and oxygen atoms in total. The number of hydrogen-bond acceptors (Lipinski definition) is 3. The molecule has 0 aliphatic heterocycles. The highest BCUT2D eigenvalue weighted by molar-refractivity contribution is 5.75. The minimum atomic E-state index is 0.0717. The normalized spacial score (nSPS) is 10.2. The summed E-state index contributed by atoms with van der Waals surface area (Å²) >= 11 is 0. The predicted molar refractivity (Wildman–Crippen MR) is 72.7 cm³/mol. The topological polar surface area (TPSA) is 55.6 Å². The molecule has 0 unspecified atom stereocenters. The molecule has 1 amide bonds. The van der Waals surface area contributed by atoms with Crippen LogP contribution in [0, 0.1) is 6.92 Å². The molecule has 1 aromatic rings. The molecule has 0 bridgehead atoms. The summed E-state index contributed by atoms with van der Waals surface area (Å²) < 4.78 is 5.66. The van der Waals surface area contributed by atoms with Crippen molar-refractivity contribution >= 4 is 5.91 Å². The van der Waals surface area contributed by atoms with Gasteiger partial charge in [-0.3, -0.25) is 4.79 Å². The van der Waals surface area contributed by atoms with Crippen LogP contribution >= 0.6 is 0 Å². The van der Waals surface area contributed by atoms with Gasteiger partial charge in [-0.1, -0.05) is 17.7 Å². The summed E-state index contributed by atoms with van der Waals surface area (Å²) in [5.74, 6) is 0.903. The van der Waals surface area contributed by atoms with Gasteiger partial charge < -0.3 is 15.4 Å². The smallest absolute Gasteiger partial charge is 0.225 e. The Morgan fingerprint density at radius 1 is 1.39 bits per heavy atom. The fourth-order valence-corrected chi connectivity index (χ4v) is 1.67. The van der Waals surface area contributed by atoms with Crippen molar-refractivity contribution in [2.45, 2.75) is 19.8 Å². The molecule has 0 aliphatic carbocycles. The van der Waals surface area contributed by atoms with Gasteiger partial charge in [-0.2, -0.15) is 0 Å². The number of rotatable bonds is 6. The van der Waals surface area contributed by atoms with Crippen LogP contribution in [0.1, 0.15) is 17.5 Å². The number of nitrogens with zero attached hydrogens (tertiary/aromatic N) is 1. The van der Waals surface area contributed by atoms with Crippen LogP contribution in [0.15, 0.2) is 18.2 Å². The van der Waals surface area contributed by atoms with Crippen molar-refractivity contribution in [3.63, 3.8) is 0 Å². The van der Waals surface area contributed by atoms with Crippen molar-refractivity contribution in [2.24, 2.45) is 5.73 Å². The summed E-state index contributed by atoms with van der Waals surface area (Å²) in [4.78, 5) is 13.0. The van der Waals surface area contributed by atoms with E-state index in [0.717, 1.165) is 17.7 Å². The Kier molecular flexibility index (Phi) is 5.65. The summed E-state index contributed by atoms with van der Waals surface area (Å²) in [6.07, 6.45) is 1.18. The van der Waals surface area contributed by atoms with Gasteiger partial charge in [0, 0.05) is 14.1 Å².